The molecule has 118 valence electrons. The second kappa shape index (κ2) is 6.71. The normalized spacial score (nSPS) is 10.3. The average molecular weight is 319 g/mol. The highest BCUT2D eigenvalue weighted by Crippen LogP contribution is 2.02. The van der Waals surface area contributed by atoms with Crippen LogP contribution in [0.1, 0.15) is 11.4 Å². The van der Waals surface area contributed by atoms with E-state index in [9.17, 15) is 9.59 Å². The van der Waals surface area contributed by atoms with Crippen LogP contribution >= 0.6 is 0 Å². The molecular formula is C17H13N5O2. The maximum Gasteiger partial charge on any atom is 0.352 e. The summed E-state index contributed by atoms with van der Waals surface area (Å²) in [4.78, 5) is 29.1. The first-order chi connectivity index (χ1) is 11.7. The molecule has 2 aromatic heterocycles. The van der Waals surface area contributed by atoms with E-state index in [1.165, 1.54) is 0 Å². The standard InChI is InChI=1S/C17H13N5O2/c18-12-15-16(23)21(11-9-13-6-4-5-10-19-13)17(24)22(20-15)14-7-2-1-3-8-14/h1-8,10H,9,11H2. The molecule has 7 heteroatoms. The van der Waals surface area contributed by atoms with Gasteiger partial charge in [-0.15, -0.1) is 5.10 Å². The second-order valence-corrected chi connectivity index (χ2v) is 5.02. The van der Waals surface area contributed by atoms with Gasteiger partial charge in [-0.1, -0.05) is 24.3 Å². The van der Waals surface area contributed by atoms with Gasteiger partial charge in [0.15, 0.2) is 0 Å². The molecule has 7 nitrogen and oxygen atoms in total. The van der Waals surface area contributed by atoms with Crippen molar-refractivity contribution in [1.29, 1.82) is 5.26 Å². The summed E-state index contributed by atoms with van der Waals surface area (Å²) in [5, 5.41) is 13.0. The molecule has 0 bridgehead atoms. The van der Waals surface area contributed by atoms with E-state index in [4.69, 9.17) is 5.26 Å². The van der Waals surface area contributed by atoms with Crippen LogP contribution in [0.5, 0.6) is 0 Å². The van der Waals surface area contributed by atoms with Crippen LogP contribution in [0.25, 0.3) is 5.69 Å². The number of nitriles is 1. The SMILES string of the molecule is N#Cc1nn(-c2ccccc2)c(=O)n(CCc2ccccn2)c1=O. The summed E-state index contributed by atoms with van der Waals surface area (Å²) in [6.45, 7) is 0.124. The fourth-order valence-electron chi connectivity index (χ4n) is 2.29. The van der Waals surface area contributed by atoms with Crippen LogP contribution in [-0.4, -0.2) is 19.3 Å². The lowest BCUT2D eigenvalue weighted by Gasteiger charge is -2.09. The molecule has 1 aromatic carbocycles. The van der Waals surface area contributed by atoms with E-state index >= 15 is 0 Å². The predicted octanol–water partition coefficient (Wildman–Crippen LogP) is 0.904. The molecule has 0 aliphatic heterocycles. The van der Waals surface area contributed by atoms with Crippen LogP contribution in [0, 0.1) is 11.3 Å². The van der Waals surface area contributed by atoms with Crippen LogP contribution in [0.3, 0.4) is 0 Å². The van der Waals surface area contributed by atoms with Crippen molar-refractivity contribution in [3.05, 3.63) is 87.0 Å². The zero-order valence-electron chi connectivity index (χ0n) is 12.7. The monoisotopic (exact) mass is 319 g/mol. The highest BCUT2D eigenvalue weighted by atomic mass is 16.2. The predicted molar refractivity (Wildman–Crippen MR) is 86.8 cm³/mol. The number of hydrogen-bond acceptors (Lipinski definition) is 5. The quantitative estimate of drug-likeness (QED) is 0.712. The Bertz CT molecular complexity index is 1000. The fraction of sp³-hybridized carbons (Fsp3) is 0.118. The van der Waals surface area contributed by atoms with Gasteiger partial charge in [0.1, 0.15) is 6.07 Å². The molecule has 0 aliphatic rings. The second-order valence-electron chi connectivity index (χ2n) is 5.02. The molecule has 3 aromatic rings. The molecule has 24 heavy (non-hydrogen) atoms. The maximum atomic E-state index is 12.6. The highest BCUT2D eigenvalue weighted by Gasteiger charge is 2.14. The highest BCUT2D eigenvalue weighted by molar-refractivity contribution is 5.30. The summed E-state index contributed by atoms with van der Waals surface area (Å²) in [7, 11) is 0. The summed E-state index contributed by atoms with van der Waals surface area (Å²) >= 11 is 0. The van der Waals surface area contributed by atoms with Gasteiger partial charge in [0.2, 0.25) is 5.69 Å². The minimum atomic E-state index is -0.689. The minimum absolute atomic E-state index is 0.124. The first-order valence-electron chi connectivity index (χ1n) is 7.30. The van der Waals surface area contributed by atoms with E-state index in [2.05, 4.69) is 10.1 Å². The van der Waals surface area contributed by atoms with E-state index < -0.39 is 11.2 Å². The number of para-hydroxylation sites is 1. The van der Waals surface area contributed by atoms with Crippen molar-refractivity contribution in [2.24, 2.45) is 0 Å². The minimum Gasteiger partial charge on any atom is -0.266 e. The van der Waals surface area contributed by atoms with E-state index in [1.54, 1.807) is 48.7 Å². The first-order valence-corrected chi connectivity index (χ1v) is 7.30. The summed E-state index contributed by atoms with van der Waals surface area (Å²) in [6, 6.07) is 15.9. The number of aromatic nitrogens is 4. The third kappa shape index (κ3) is 2.98. The fourth-order valence-corrected chi connectivity index (χ4v) is 2.29. The molecule has 0 atom stereocenters. The van der Waals surface area contributed by atoms with Gasteiger partial charge in [-0.25, -0.2) is 4.79 Å². The van der Waals surface area contributed by atoms with Crippen molar-refractivity contribution in [2.75, 3.05) is 0 Å². The number of benzene rings is 1. The van der Waals surface area contributed by atoms with E-state index in [1.807, 2.05) is 12.1 Å². The molecule has 2 heterocycles. The number of aryl methyl sites for hydroxylation is 1. The molecular weight excluding hydrogens is 306 g/mol. The molecule has 0 unspecified atom stereocenters. The van der Waals surface area contributed by atoms with Gasteiger partial charge < -0.3 is 0 Å². The van der Waals surface area contributed by atoms with Crippen LogP contribution in [-0.2, 0) is 13.0 Å². The van der Waals surface area contributed by atoms with Crippen molar-refractivity contribution >= 4 is 0 Å². The third-order valence-electron chi connectivity index (χ3n) is 3.48. The Hall–Kier alpha value is -3.53. The smallest absolute Gasteiger partial charge is 0.266 e. The lowest BCUT2D eigenvalue weighted by Crippen LogP contribution is -2.42. The van der Waals surface area contributed by atoms with Crippen molar-refractivity contribution in [3.8, 4) is 11.8 Å². The summed E-state index contributed by atoms with van der Waals surface area (Å²) in [6.07, 6.45) is 2.05. The molecule has 0 aliphatic carbocycles. The van der Waals surface area contributed by atoms with E-state index in [-0.39, 0.29) is 12.2 Å². The van der Waals surface area contributed by atoms with Gasteiger partial charge in [0, 0.05) is 24.9 Å². The molecule has 0 radical (unpaired) electrons. The molecule has 0 N–H and O–H groups in total. The molecule has 3 rings (SSSR count). The summed E-state index contributed by atoms with van der Waals surface area (Å²) in [5.41, 5.74) is -0.345. The van der Waals surface area contributed by atoms with Crippen LogP contribution < -0.4 is 11.2 Å². The van der Waals surface area contributed by atoms with Crippen molar-refractivity contribution in [2.45, 2.75) is 13.0 Å². The maximum absolute atomic E-state index is 12.6. The molecule has 0 saturated carbocycles. The molecule has 0 saturated heterocycles. The van der Waals surface area contributed by atoms with E-state index in [0.717, 1.165) is 14.9 Å². The Morgan fingerprint density at radius 2 is 1.79 bits per heavy atom. The van der Waals surface area contributed by atoms with Crippen molar-refractivity contribution in [1.82, 2.24) is 19.3 Å². The van der Waals surface area contributed by atoms with Gasteiger partial charge >= 0.3 is 5.69 Å². The zero-order valence-corrected chi connectivity index (χ0v) is 12.7. The van der Waals surface area contributed by atoms with Gasteiger partial charge in [-0.05, 0) is 24.3 Å². The number of rotatable bonds is 4. The van der Waals surface area contributed by atoms with Gasteiger partial charge in [-0.2, -0.15) is 9.94 Å². The largest absolute Gasteiger partial charge is 0.352 e. The lowest BCUT2D eigenvalue weighted by molar-refractivity contribution is 0.566. The van der Waals surface area contributed by atoms with Crippen molar-refractivity contribution < 1.29 is 0 Å². The Kier molecular flexibility index (Phi) is 4.29. The molecule has 0 spiro atoms. The van der Waals surface area contributed by atoms with Gasteiger partial charge in [0.25, 0.3) is 5.56 Å². The number of pyridine rings is 1. The first kappa shape index (κ1) is 15.4. The third-order valence-corrected chi connectivity index (χ3v) is 3.48. The van der Waals surface area contributed by atoms with Gasteiger partial charge in [-0.3, -0.25) is 14.3 Å². The van der Waals surface area contributed by atoms with Crippen LogP contribution in [0.15, 0.2) is 64.3 Å². The topological polar surface area (TPSA) is 93.6 Å². The summed E-state index contributed by atoms with van der Waals surface area (Å²) in [5.74, 6) is 0. The average Bonchev–Trinajstić information content (AvgIpc) is 2.63. The van der Waals surface area contributed by atoms with Crippen LogP contribution in [0.4, 0.5) is 0 Å². The van der Waals surface area contributed by atoms with Gasteiger partial charge in [0.05, 0.1) is 5.69 Å². The Morgan fingerprint density at radius 1 is 1.04 bits per heavy atom. The van der Waals surface area contributed by atoms with Crippen LogP contribution in [0.2, 0.25) is 0 Å². The Labute approximate surface area is 137 Å². The number of hydrogen-bond donors (Lipinski definition) is 0. The Morgan fingerprint density at radius 3 is 2.46 bits per heavy atom. The lowest BCUT2D eigenvalue weighted by atomic mass is 10.2. The zero-order chi connectivity index (χ0) is 16.9. The summed E-state index contributed by atoms with van der Waals surface area (Å²) < 4.78 is 2.09. The molecule has 0 fully saturated rings. The Balaban J connectivity index is 2.07. The van der Waals surface area contributed by atoms with Crippen molar-refractivity contribution in [3.63, 3.8) is 0 Å². The number of nitrogens with zero attached hydrogens (tertiary/aromatic N) is 5. The molecule has 0 amide bonds. The van der Waals surface area contributed by atoms with E-state index in [0.29, 0.717) is 12.1 Å².